The second-order valence-electron chi connectivity index (χ2n) is 6.11. The van der Waals surface area contributed by atoms with Gasteiger partial charge < -0.3 is 19.2 Å². The molecule has 1 aliphatic rings. The first-order valence-electron chi connectivity index (χ1n) is 8.34. The number of fused-ring (bicyclic) bond motifs is 1. The molecule has 3 aromatic rings. The maximum Gasteiger partial charge on any atom is 0.272 e. The summed E-state index contributed by atoms with van der Waals surface area (Å²) in [7, 11) is 3.22. The van der Waals surface area contributed by atoms with Crippen LogP contribution in [0.3, 0.4) is 0 Å². The molecule has 1 amide bonds. The molecule has 1 aromatic carbocycles. The van der Waals surface area contributed by atoms with E-state index >= 15 is 0 Å². The van der Waals surface area contributed by atoms with Crippen molar-refractivity contribution in [3.8, 4) is 23.0 Å². The Labute approximate surface area is 150 Å². The summed E-state index contributed by atoms with van der Waals surface area (Å²) in [5, 5.41) is 9.97. The van der Waals surface area contributed by atoms with Crippen molar-refractivity contribution in [2.75, 3.05) is 14.2 Å². The highest BCUT2D eigenvalue weighted by molar-refractivity contribution is 5.93. The Hall–Kier alpha value is -3.22. The number of aryl methyl sites for hydroxylation is 1. The van der Waals surface area contributed by atoms with Crippen molar-refractivity contribution in [3.63, 3.8) is 0 Å². The minimum Gasteiger partial charge on any atom is -0.493 e. The van der Waals surface area contributed by atoms with Gasteiger partial charge in [-0.2, -0.15) is 5.10 Å². The monoisotopic (exact) mass is 353 g/mol. The third kappa shape index (κ3) is 2.81. The summed E-state index contributed by atoms with van der Waals surface area (Å²) in [6, 6.07) is 9.10. The van der Waals surface area contributed by atoms with Crippen LogP contribution in [0.4, 0.5) is 0 Å². The molecule has 0 spiro atoms. The molecule has 0 saturated heterocycles. The summed E-state index contributed by atoms with van der Waals surface area (Å²) in [5.74, 6) is 1.77. The van der Waals surface area contributed by atoms with E-state index in [9.17, 15) is 4.79 Å². The van der Waals surface area contributed by atoms with Crippen molar-refractivity contribution in [2.45, 2.75) is 18.9 Å². The van der Waals surface area contributed by atoms with E-state index in [0.717, 1.165) is 24.0 Å². The highest BCUT2D eigenvalue weighted by atomic mass is 16.5. The number of nitrogens with one attached hydrogen (secondary N) is 2. The zero-order valence-corrected chi connectivity index (χ0v) is 14.5. The van der Waals surface area contributed by atoms with Crippen molar-refractivity contribution in [1.82, 2.24) is 15.5 Å². The van der Waals surface area contributed by atoms with Gasteiger partial charge in [0.05, 0.1) is 26.5 Å². The SMILES string of the molecule is COc1cc2c(cc1OC)C(NC(=O)c1cc(-c3ccco3)[nH]n1)CC2. The lowest BCUT2D eigenvalue weighted by Crippen LogP contribution is -2.27. The van der Waals surface area contributed by atoms with Gasteiger partial charge in [0.2, 0.25) is 0 Å². The van der Waals surface area contributed by atoms with E-state index in [-0.39, 0.29) is 11.9 Å². The van der Waals surface area contributed by atoms with Gasteiger partial charge in [-0.1, -0.05) is 0 Å². The molecule has 0 bridgehead atoms. The molecule has 2 heterocycles. The highest BCUT2D eigenvalue weighted by Gasteiger charge is 2.27. The molecule has 0 radical (unpaired) electrons. The predicted octanol–water partition coefficient (Wildman–Crippen LogP) is 3.10. The van der Waals surface area contributed by atoms with Crippen LogP contribution in [0.2, 0.25) is 0 Å². The number of hydrogen-bond donors (Lipinski definition) is 2. The maximum atomic E-state index is 12.6. The number of ether oxygens (including phenoxy) is 2. The zero-order chi connectivity index (χ0) is 18.1. The Morgan fingerprint density at radius 2 is 2.08 bits per heavy atom. The van der Waals surface area contributed by atoms with Gasteiger partial charge in [-0.3, -0.25) is 9.89 Å². The first kappa shape index (κ1) is 16.3. The first-order chi connectivity index (χ1) is 12.7. The van der Waals surface area contributed by atoms with Crippen molar-refractivity contribution in [1.29, 1.82) is 0 Å². The normalized spacial score (nSPS) is 15.5. The molecule has 2 N–H and O–H groups in total. The second kappa shape index (κ2) is 6.59. The summed E-state index contributed by atoms with van der Waals surface area (Å²) in [5.41, 5.74) is 3.20. The number of rotatable bonds is 5. The number of H-pyrrole nitrogens is 1. The minimum atomic E-state index is -0.230. The molecule has 1 atom stereocenters. The van der Waals surface area contributed by atoms with E-state index in [0.29, 0.717) is 28.6 Å². The van der Waals surface area contributed by atoms with Crippen LogP contribution < -0.4 is 14.8 Å². The average Bonchev–Trinajstić information content (AvgIpc) is 3.40. The van der Waals surface area contributed by atoms with Crippen LogP contribution >= 0.6 is 0 Å². The number of hydrogen-bond acceptors (Lipinski definition) is 5. The fourth-order valence-electron chi connectivity index (χ4n) is 3.31. The summed E-state index contributed by atoms with van der Waals surface area (Å²) in [6.07, 6.45) is 3.28. The van der Waals surface area contributed by atoms with Crippen LogP contribution in [-0.4, -0.2) is 30.3 Å². The molecule has 134 valence electrons. The van der Waals surface area contributed by atoms with Crippen molar-refractivity contribution in [2.24, 2.45) is 0 Å². The number of amides is 1. The van der Waals surface area contributed by atoms with Crippen LogP contribution in [0.1, 0.15) is 34.1 Å². The lowest BCUT2D eigenvalue weighted by molar-refractivity contribution is 0.0931. The van der Waals surface area contributed by atoms with Crippen molar-refractivity contribution in [3.05, 3.63) is 53.4 Å². The molecule has 2 aromatic heterocycles. The van der Waals surface area contributed by atoms with Gasteiger partial charge in [0, 0.05) is 6.07 Å². The number of carbonyl (C=O) groups is 1. The van der Waals surface area contributed by atoms with Crippen LogP contribution in [0, 0.1) is 0 Å². The van der Waals surface area contributed by atoms with E-state index < -0.39 is 0 Å². The molecule has 4 rings (SSSR count). The Morgan fingerprint density at radius 1 is 1.27 bits per heavy atom. The lowest BCUT2D eigenvalue weighted by Gasteiger charge is -2.15. The highest BCUT2D eigenvalue weighted by Crippen LogP contribution is 2.39. The molecular weight excluding hydrogens is 334 g/mol. The topological polar surface area (TPSA) is 89.4 Å². The molecule has 0 fully saturated rings. The molecule has 7 nitrogen and oxygen atoms in total. The van der Waals surface area contributed by atoms with Gasteiger partial charge in [0.25, 0.3) is 5.91 Å². The Kier molecular flexibility index (Phi) is 4.12. The number of nitrogens with zero attached hydrogens (tertiary/aromatic N) is 1. The van der Waals surface area contributed by atoms with Crippen LogP contribution in [0.15, 0.2) is 41.0 Å². The Bertz CT molecular complexity index is 930. The lowest BCUT2D eigenvalue weighted by atomic mass is 10.1. The molecule has 26 heavy (non-hydrogen) atoms. The second-order valence-corrected chi connectivity index (χ2v) is 6.11. The quantitative estimate of drug-likeness (QED) is 0.736. The number of aromatic amines is 1. The van der Waals surface area contributed by atoms with Gasteiger partial charge >= 0.3 is 0 Å². The fraction of sp³-hybridized carbons (Fsp3) is 0.263. The van der Waals surface area contributed by atoms with Crippen LogP contribution in [0.25, 0.3) is 11.5 Å². The van der Waals surface area contributed by atoms with Gasteiger partial charge in [-0.15, -0.1) is 0 Å². The Morgan fingerprint density at radius 3 is 2.81 bits per heavy atom. The van der Waals surface area contributed by atoms with Gasteiger partial charge in [0.15, 0.2) is 23.0 Å². The van der Waals surface area contributed by atoms with Gasteiger partial charge in [-0.25, -0.2) is 0 Å². The standard InChI is InChI=1S/C19H19N3O4/c1-24-17-8-11-5-6-13(12(11)9-18(17)25-2)20-19(23)15-10-14(21-22-15)16-4-3-7-26-16/h3-4,7-10,13H,5-6H2,1-2H3,(H,20,23)(H,21,22). The summed E-state index contributed by atoms with van der Waals surface area (Å²) < 4.78 is 16.0. The summed E-state index contributed by atoms with van der Waals surface area (Å²) in [4.78, 5) is 12.6. The van der Waals surface area contributed by atoms with E-state index in [1.54, 1.807) is 32.6 Å². The van der Waals surface area contributed by atoms with Gasteiger partial charge in [0.1, 0.15) is 5.69 Å². The molecule has 1 unspecified atom stereocenters. The van der Waals surface area contributed by atoms with Crippen molar-refractivity contribution < 1.29 is 18.7 Å². The van der Waals surface area contributed by atoms with E-state index in [1.165, 1.54) is 0 Å². The predicted molar refractivity (Wildman–Crippen MR) is 94.4 cm³/mol. The van der Waals surface area contributed by atoms with E-state index in [1.807, 2.05) is 18.2 Å². The first-order valence-corrected chi connectivity index (χ1v) is 8.34. The molecule has 1 aliphatic carbocycles. The molecular formula is C19H19N3O4. The smallest absolute Gasteiger partial charge is 0.272 e. The van der Waals surface area contributed by atoms with E-state index in [4.69, 9.17) is 13.9 Å². The molecule has 0 saturated carbocycles. The largest absolute Gasteiger partial charge is 0.493 e. The third-order valence-electron chi connectivity index (χ3n) is 4.63. The average molecular weight is 353 g/mol. The number of carbonyl (C=O) groups excluding carboxylic acids is 1. The number of methoxy groups -OCH3 is 2. The van der Waals surface area contributed by atoms with Crippen LogP contribution in [0.5, 0.6) is 11.5 Å². The minimum absolute atomic E-state index is 0.0823. The molecule has 7 heteroatoms. The summed E-state index contributed by atoms with van der Waals surface area (Å²) >= 11 is 0. The number of aromatic nitrogens is 2. The zero-order valence-electron chi connectivity index (χ0n) is 14.5. The number of furan rings is 1. The number of benzene rings is 1. The fourth-order valence-corrected chi connectivity index (χ4v) is 3.31. The van der Waals surface area contributed by atoms with E-state index in [2.05, 4.69) is 15.5 Å². The van der Waals surface area contributed by atoms with Gasteiger partial charge in [-0.05, 0) is 48.2 Å². The molecule has 0 aliphatic heterocycles. The summed E-state index contributed by atoms with van der Waals surface area (Å²) in [6.45, 7) is 0. The third-order valence-corrected chi connectivity index (χ3v) is 4.63. The van der Waals surface area contributed by atoms with Crippen LogP contribution in [-0.2, 0) is 6.42 Å². The Balaban J connectivity index is 1.53. The maximum absolute atomic E-state index is 12.6. The van der Waals surface area contributed by atoms with Crippen molar-refractivity contribution >= 4 is 5.91 Å².